The minimum absolute atomic E-state index is 0.324. The highest BCUT2D eigenvalue weighted by Gasteiger charge is 2.30. The van der Waals surface area contributed by atoms with Crippen LogP contribution in [0.4, 0.5) is 0 Å². The van der Waals surface area contributed by atoms with E-state index in [4.69, 9.17) is 5.73 Å². The van der Waals surface area contributed by atoms with Crippen molar-refractivity contribution < 1.29 is 4.79 Å². The van der Waals surface area contributed by atoms with Gasteiger partial charge in [-0.05, 0) is 26.7 Å². The van der Waals surface area contributed by atoms with Crippen LogP contribution in [0, 0.1) is 5.92 Å². The van der Waals surface area contributed by atoms with Crippen molar-refractivity contribution in [3.05, 3.63) is 0 Å². The molecule has 126 valence electrons. The number of guanidine groups is 1. The number of aliphatic imine (C=N–C) groups is 1. The summed E-state index contributed by atoms with van der Waals surface area (Å²) >= 11 is 0. The molecule has 1 heterocycles. The SMILES string of the molecule is CCN(CC)C(N)=NCCN1CCN(C(=O)C2CCC2)CC1. The molecule has 22 heavy (non-hydrogen) atoms. The number of amides is 1. The van der Waals surface area contributed by atoms with E-state index in [2.05, 4.69) is 28.6 Å². The van der Waals surface area contributed by atoms with Gasteiger partial charge in [0.15, 0.2) is 5.96 Å². The molecule has 6 heteroatoms. The lowest BCUT2D eigenvalue weighted by Gasteiger charge is -2.38. The number of hydrogen-bond donors (Lipinski definition) is 1. The summed E-state index contributed by atoms with van der Waals surface area (Å²) in [5, 5.41) is 0. The average Bonchev–Trinajstić information content (AvgIpc) is 2.47. The molecule has 1 aliphatic carbocycles. The Kier molecular flexibility index (Phi) is 6.49. The summed E-state index contributed by atoms with van der Waals surface area (Å²) in [5.74, 6) is 1.35. The van der Waals surface area contributed by atoms with Crippen LogP contribution in [0.25, 0.3) is 0 Å². The van der Waals surface area contributed by atoms with Crippen LogP contribution in [-0.4, -0.2) is 78.9 Å². The van der Waals surface area contributed by atoms with E-state index in [-0.39, 0.29) is 0 Å². The Labute approximate surface area is 134 Å². The first kappa shape index (κ1) is 17.1. The lowest BCUT2D eigenvalue weighted by molar-refractivity contribution is -0.139. The predicted octanol–water partition coefficient (Wildman–Crippen LogP) is 0.587. The summed E-state index contributed by atoms with van der Waals surface area (Å²) in [5.41, 5.74) is 5.98. The van der Waals surface area contributed by atoms with Crippen LogP contribution < -0.4 is 5.73 Å². The lowest BCUT2D eigenvalue weighted by atomic mass is 9.84. The summed E-state index contributed by atoms with van der Waals surface area (Å²) in [6, 6.07) is 0. The number of nitrogens with two attached hydrogens (primary N) is 1. The molecular weight excluding hydrogens is 278 g/mol. The maximum absolute atomic E-state index is 12.2. The molecular formula is C16H31N5O. The third-order valence-corrected chi connectivity index (χ3v) is 4.92. The second kappa shape index (κ2) is 8.36. The standard InChI is InChI=1S/C16H31N5O/c1-3-20(4-2)16(17)18-8-9-19-10-12-21(13-11-19)15(22)14-6-5-7-14/h14H,3-13H2,1-2H3,(H2,17,18). The van der Waals surface area contributed by atoms with Gasteiger partial charge in [0.05, 0.1) is 6.54 Å². The van der Waals surface area contributed by atoms with Crippen molar-refractivity contribution in [2.45, 2.75) is 33.1 Å². The molecule has 1 amide bonds. The number of nitrogens with zero attached hydrogens (tertiary/aromatic N) is 4. The highest BCUT2D eigenvalue weighted by atomic mass is 16.2. The minimum Gasteiger partial charge on any atom is -0.370 e. The first-order valence-electron chi connectivity index (χ1n) is 8.71. The Hall–Kier alpha value is -1.30. The van der Waals surface area contributed by atoms with Crippen molar-refractivity contribution >= 4 is 11.9 Å². The normalized spacial score (nSPS) is 20.8. The molecule has 0 unspecified atom stereocenters. The Morgan fingerprint density at radius 3 is 2.32 bits per heavy atom. The smallest absolute Gasteiger partial charge is 0.225 e. The lowest BCUT2D eigenvalue weighted by Crippen LogP contribution is -2.51. The zero-order chi connectivity index (χ0) is 15.9. The molecule has 0 aromatic carbocycles. The van der Waals surface area contributed by atoms with E-state index in [9.17, 15) is 4.79 Å². The monoisotopic (exact) mass is 309 g/mol. The van der Waals surface area contributed by atoms with E-state index in [1.807, 2.05) is 4.90 Å². The number of carbonyl (C=O) groups is 1. The maximum Gasteiger partial charge on any atom is 0.225 e. The topological polar surface area (TPSA) is 65.2 Å². The van der Waals surface area contributed by atoms with Crippen molar-refractivity contribution in [1.29, 1.82) is 0 Å². The molecule has 2 aliphatic rings. The maximum atomic E-state index is 12.2. The van der Waals surface area contributed by atoms with E-state index in [0.717, 1.165) is 65.2 Å². The molecule has 0 aromatic rings. The number of piperazine rings is 1. The van der Waals surface area contributed by atoms with Gasteiger partial charge in [0.2, 0.25) is 5.91 Å². The molecule has 1 saturated carbocycles. The van der Waals surface area contributed by atoms with Crippen LogP contribution in [0.3, 0.4) is 0 Å². The summed E-state index contributed by atoms with van der Waals surface area (Å²) in [6.07, 6.45) is 3.42. The fourth-order valence-electron chi connectivity index (χ4n) is 3.06. The van der Waals surface area contributed by atoms with Crippen LogP contribution in [-0.2, 0) is 4.79 Å². The summed E-state index contributed by atoms with van der Waals surface area (Å²) in [6.45, 7) is 11.3. The van der Waals surface area contributed by atoms with Crippen molar-refractivity contribution in [3.63, 3.8) is 0 Å². The van der Waals surface area contributed by atoms with E-state index in [0.29, 0.717) is 17.8 Å². The Morgan fingerprint density at radius 2 is 1.82 bits per heavy atom. The Bertz CT molecular complexity index is 382. The number of carbonyl (C=O) groups excluding carboxylic acids is 1. The highest BCUT2D eigenvalue weighted by Crippen LogP contribution is 2.28. The zero-order valence-corrected chi connectivity index (χ0v) is 14.1. The third-order valence-electron chi connectivity index (χ3n) is 4.92. The van der Waals surface area contributed by atoms with E-state index in [1.165, 1.54) is 6.42 Å². The van der Waals surface area contributed by atoms with Gasteiger partial charge in [-0.1, -0.05) is 6.42 Å². The van der Waals surface area contributed by atoms with Gasteiger partial charge in [0.1, 0.15) is 0 Å². The molecule has 6 nitrogen and oxygen atoms in total. The quantitative estimate of drug-likeness (QED) is 0.576. The molecule has 2 N–H and O–H groups in total. The van der Waals surface area contributed by atoms with Crippen LogP contribution in [0.1, 0.15) is 33.1 Å². The molecule has 0 atom stereocenters. The van der Waals surface area contributed by atoms with Crippen LogP contribution in [0.15, 0.2) is 4.99 Å². The molecule has 0 radical (unpaired) electrons. The summed E-state index contributed by atoms with van der Waals surface area (Å²) in [4.78, 5) is 23.2. The van der Waals surface area contributed by atoms with E-state index >= 15 is 0 Å². The van der Waals surface area contributed by atoms with Crippen LogP contribution >= 0.6 is 0 Å². The van der Waals surface area contributed by atoms with Crippen molar-refractivity contribution in [3.8, 4) is 0 Å². The largest absolute Gasteiger partial charge is 0.370 e. The van der Waals surface area contributed by atoms with Gasteiger partial charge in [-0.2, -0.15) is 0 Å². The van der Waals surface area contributed by atoms with Crippen LogP contribution in [0.2, 0.25) is 0 Å². The van der Waals surface area contributed by atoms with Gasteiger partial charge in [0.25, 0.3) is 0 Å². The van der Waals surface area contributed by atoms with E-state index in [1.54, 1.807) is 0 Å². The second-order valence-corrected chi connectivity index (χ2v) is 6.21. The van der Waals surface area contributed by atoms with Gasteiger partial charge in [-0.3, -0.25) is 14.7 Å². The minimum atomic E-state index is 0.324. The fourth-order valence-corrected chi connectivity index (χ4v) is 3.06. The fraction of sp³-hybridized carbons (Fsp3) is 0.875. The molecule has 1 saturated heterocycles. The Balaban J connectivity index is 1.67. The van der Waals surface area contributed by atoms with Gasteiger partial charge in [-0.15, -0.1) is 0 Å². The summed E-state index contributed by atoms with van der Waals surface area (Å²) < 4.78 is 0. The Morgan fingerprint density at radius 1 is 1.18 bits per heavy atom. The predicted molar refractivity (Wildman–Crippen MR) is 89.8 cm³/mol. The molecule has 2 rings (SSSR count). The third kappa shape index (κ3) is 4.35. The molecule has 1 aliphatic heterocycles. The molecule has 2 fully saturated rings. The number of hydrogen-bond acceptors (Lipinski definition) is 3. The van der Waals surface area contributed by atoms with Crippen molar-refractivity contribution in [2.75, 3.05) is 52.4 Å². The van der Waals surface area contributed by atoms with Gasteiger partial charge in [0, 0.05) is 51.7 Å². The summed E-state index contributed by atoms with van der Waals surface area (Å²) in [7, 11) is 0. The highest BCUT2D eigenvalue weighted by molar-refractivity contribution is 5.79. The molecule has 0 aromatic heterocycles. The zero-order valence-electron chi connectivity index (χ0n) is 14.1. The first-order valence-corrected chi connectivity index (χ1v) is 8.71. The van der Waals surface area contributed by atoms with Crippen molar-refractivity contribution in [1.82, 2.24) is 14.7 Å². The molecule has 0 bridgehead atoms. The van der Waals surface area contributed by atoms with Gasteiger partial charge < -0.3 is 15.5 Å². The van der Waals surface area contributed by atoms with E-state index < -0.39 is 0 Å². The van der Waals surface area contributed by atoms with Crippen LogP contribution in [0.5, 0.6) is 0 Å². The second-order valence-electron chi connectivity index (χ2n) is 6.21. The van der Waals surface area contributed by atoms with Crippen molar-refractivity contribution in [2.24, 2.45) is 16.6 Å². The molecule has 0 spiro atoms. The average molecular weight is 309 g/mol. The number of rotatable bonds is 6. The van der Waals surface area contributed by atoms with Gasteiger partial charge >= 0.3 is 0 Å². The van der Waals surface area contributed by atoms with Gasteiger partial charge in [-0.25, -0.2) is 0 Å². The first-order chi connectivity index (χ1) is 10.7.